The summed E-state index contributed by atoms with van der Waals surface area (Å²) in [5.74, 6) is 0.847. The van der Waals surface area contributed by atoms with Crippen molar-refractivity contribution >= 4 is 41.5 Å². The van der Waals surface area contributed by atoms with E-state index in [1.807, 2.05) is 30.3 Å². The van der Waals surface area contributed by atoms with E-state index in [-0.39, 0.29) is 36.4 Å². The van der Waals surface area contributed by atoms with Crippen molar-refractivity contribution in [2.24, 2.45) is 4.99 Å². The maximum absolute atomic E-state index is 12.0. The molecule has 2 aromatic carbocycles. The first-order chi connectivity index (χ1) is 12.1. The van der Waals surface area contributed by atoms with Gasteiger partial charge in [0, 0.05) is 19.3 Å². The zero-order valence-corrected chi connectivity index (χ0v) is 17.8. The van der Waals surface area contributed by atoms with Crippen molar-refractivity contribution < 1.29 is 4.79 Å². The monoisotopic (exact) mass is 466 g/mol. The van der Waals surface area contributed by atoms with Gasteiger partial charge in [0.2, 0.25) is 5.91 Å². The van der Waals surface area contributed by atoms with Gasteiger partial charge in [-0.25, -0.2) is 0 Å². The summed E-state index contributed by atoms with van der Waals surface area (Å²) in [4.78, 5) is 16.1. The van der Waals surface area contributed by atoms with Crippen LogP contribution in [0.2, 0.25) is 0 Å². The van der Waals surface area contributed by atoms with Crippen LogP contribution in [-0.2, 0) is 4.79 Å². The van der Waals surface area contributed by atoms with Gasteiger partial charge in [-0.15, -0.1) is 24.0 Å². The Kier molecular flexibility index (Phi) is 9.72. The van der Waals surface area contributed by atoms with E-state index in [1.165, 1.54) is 11.1 Å². The highest BCUT2D eigenvalue weighted by Crippen LogP contribution is 2.14. The van der Waals surface area contributed by atoms with Gasteiger partial charge in [0.05, 0.1) is 6.54 Å². The number of para-hydroxylation sites is 1. The molecule has 0 aliphatic rings. The summed E-state index contributed by atoms with van der Waals surface area (Å²) in [6.45, 7) is 5.14. The van der Waals surface area contributed by atoms with Crippen molar-refractivity contribution in [2.45, 2.75) is 19.8 Å². The number of nitrogens with one attached hydrogen (secondary N) is 3. The molecule has 2 aromatic rings. The molecule has 140 valence electrons. The molecule has 1 atom stereocenters. The number of carbonyl (C=O) groups is 1. The zero-order valence-electron chi connectivity index (χ0n) is 15.5. The Morgan fingerprint density at radius 3 is 2.31 bits per heavy atom. The Bertz CT molecular complexity index is 702. The van der Waals surface area contributed by atoms with Crippen LogP contribution in [-0.4, -0.2) is 32.0 Å². The van der Waals surface area contributed by atoms with E-state index >= 15 is 0 Å². The molecule has 5 nitrogen and oxygen atoms in total. The molecule has 0 bridgehead atoms. The molecular weight excluding hydrogens is 439 g/mol. The van der Waals surface area contributed by atoms with Crippen molar-refractivity contribution in [1.29, 1.82) is 0 Å². The average Bonchev–Trinajstić information content (AvgIpc) is 2.63. The number of halogens is 1. The predicted molar refractivity (Wildman–Crippen MR) is 119 cm³/mol. The Morgan fingerprint density at radius 2 is 1.69 bits per heavy atom. The molecule has 0 radical (unpaired) electrons. The number of nitrogens with zero attached hydrogens (tertiary/aromatic N) is 1. The van der Waals surface area contributed by atoms with Gasteiger partial charge in [-0.2, -0.15) is 0 Å². The van der Waals surface area contributed by atoms with E-state index < -0.39 is 0 Å². The molecule has 0 saturated carbocycles. The maximum Gasteiger partial charge on any atom is 0.243 e. The highest BCUT2D eigenvalue weighted by atomic mass is 127. The van der Waals surface area contributed by atoms with Crippen LogP contribution in [0.15, 0.2) is 59.6 Å². The van der Waals surface area contributed by atoms with Gasteiger partial charge in [-0.05, 0) is 30.5 Å². The fourth-order valence-electron chi connectivity index (χ4n) is 2.37. The minimum atomic E-state index is -0.110. The van der Waals surface area contributed by atoms with Gasteiger partial charge < -0.3 is 16.0 Å². The van der Waals surface area contributed by atoms with Crippen LogP contribution >= 0.6 is 24.0 Å². The normalized spacial score (nSPS) is 11.9. The SMILES string of the molecule is CN=C(NCC(=O)Nc1ccccc1)NCC(C)c1ccc(C)cc1.I. The minimum Gasteiger partial charge on any atom is -0.356 e. The van der Waals surface area contributed by atoms with E-state index in [0.29, 0.717) is 11.9 Å². The molecule has 0 spiro atoms. The highest BCUT2D eigenvalue weighted by molar-refractivity contribution is 14.0. The van der Waals surface area contributed by atoms with E-state index in [2.05, 4.69) is 59.1 Å². The molecule has 1 unspecified atom stereocenters. The molecule has 0 heterocycles. The number of hydrogen-bond acceptors (Lipinski definition) is 2. The number of aryl methyl sites for hydroxylation is 1. The van der Waals surface area contributed by atoms with E-state index in [4.69, 9.17) is 0 Å². The van der Waals surface area contributed by atoms with Crippen LogP contribution in [0.1, 0.15) is 24.0 Å². The number of carbonyl (C=O) groups excluding carboxylic acids is 1. The third-order valence-corrected chi connectivity index (χ3v) is 3.92. The van der Waals surface area contributed by atoms with Gasteiger partial charge in [-0.3, -0.25) is 9.79 Å². The molecule has 0 fully saturated rings. The molecule has 0 aromatic heterocycles. The van der Waals surface area contributed by atoms with Gasteiger partial charge >= 0.3 is 0 Å². The second-order valence-corrected chi connectivity index (χ2v) is 6.03. The van der Waals surface area contributed by atoms with Crippen LogP contribution in [0, 0.1) is 6.92 Å². The first-order valence-electron chi connectivity index (χ1n) is 8.44. The fraction of sp³-hybridized carbons (Fsp3) is 0.300. The van der Waals surface area contributed by atoms with Gasteiger partial charge in [0.25, 0.3) is 0 Å². The molecule has 0 aliphatic carbocycles. The molecule has 2 rings (SSSR count). The summed E-state index contributed by atoms with van der Waals surface area (Å²) >= 11 is 0. The standard InChI is InChI=1S/C20H26N4O.HI/c1-15-9-11-17(12-10-15)16(2)13-22-20(21-3)23-14-19(25)24-18-7-5-4-6-8-18;/h4-12,16H,13-14H2,1-3H3,(H,24,25)(H2,21,22,23);1H. The second kappa shape index (κ2) is 11.5. The number of aliphatic imine (C=N–C) groups is 1. The molecule has 6 heteroatoms. The maximum atomic E-state index is 12.0. The quantitative estimate of drug-likeness (QED) is 0.347. The summed E-state index contributed by atoms with van der Waals surface area (Å²) in [6.07, 6.45) is 0. The Hall–Kier alpha value is -2.09. The molecule has 1 amide bonds. The van der Waals surface area contributed by atoms with Crippen molar-refractivity contribution in [3.05, 3.63) is 65.7 Å². The van der Waals surface area contributed by atoms with Crippen molar-refractivity contribution in [3.8, 4) is 0 Å². The fourth-order valence-corrected chi connectivity index (χ4v) is 2.37. The average molecular weight is 466 g/mol. The summed E-state index contributed by atoms with van der Waals surface area (Å²) in [6, 6.07) is 17.9. The minimum absolute atomic E-state index is 0. The highest BCUT2D eigenvalue weighted by Gasteiger charge is 2.08. The smallest absolute Gasteiger partial charge is 0.243 e. The molecule has 0 aliphatic heterocycles. The summed E-state index contributed by atoms with van der Waals surface area (Å²) in [7, 11) is 1.70. The lowest BCUT2D eigenvalue weighted by molar-refractivity contribution is -0.115. The Morgan fingerprint density at radius 1 is 1.04 bits per heavy atom. The third-order valence-electron chi connectivity index (χ3n) is 3.92. The molecule has 0 saturated heterocycles. The molecule has 3 N–H and O–H groups in total. The van der Waals surface area contributed by atoms with Crippen LogP contribution in [0.25, 0.3) is 0 Å². The number of amides is 1. The lowest BCUT2D eigenvalue weighted by Gasteiger charge is -2.16. The number of anilines is 1. The third kappa shape index (κ3) is 7.43. The summed E-state index contributed by atoms with van der Waals surface area (Å²) in [5, 5.41) is 9.13. The summed E-state index contributed by atoms with van der Waals surface area (Å²) < 4.78 is 0. The molecular formula is C20H27IN4O. The Labute approximate surface area is 172 Å². The first-order valence-corrected chi connectivity index (χ1v) is 8.44. The number of guanidine groups is 1. The van der Waals surface area contributed by atoms with Crippen molar-refractivity contribution in [2.75, 3.05) is 25.5 Å². The van der Waals surface area contributed by atoms with Crippen LogP contribution in [0.3, 0.4) is 0 Å². The number of rotatable bonds is 6. The first kappa shape index (κ1) is 22.0. The van der Waals surface area contributed by atoms with Crippen molar-refractivity contribution in [3.63, 3.8) is 0 Å². The topological polar surface area (TPSA) is 65.5 Å². The second-order valence-electron chi connectivity index (χ2n) is 6.03. The lowest BCUT2D eigenvalue weighted by Crippen LogP contribution is -2.42. The molecule has 26 heavy (non-hydrogen) atoms. The predicted octanol–water partition coefficient (Wildman–Crippen LogP) is 3.52. The number of benzene rings is 2. The number of hydrogen-bond donors (Lipinski definition) is 3. The van der Waals surface area contributed by atoms with Gasteiger partial charge in [0.15, 0.2) is 5.96 Å². The van der Waals surface area contributed by atoms with Gasteiger partial charge in [-0.1, -0.05) is 55.0 Å². The van der Waals surface area contributed by atoms with Crippen LogP contribution < -0.4 is 16.0 Å². The zero-order chi connectivity index (χ0) is 18.1. The van der Waals surface area contributed by atoms with Crippen LogP contribution in [0.4, 0.5) is 5.69 Å². The van der Waals surface area contributed by atoms with E-state index in [0.717, 1.165) is 12.2 Å². The van der Waals surface area contributed by atoms with E-state index in [9.17, 15) is 4.79 Å². The Balaban J connectivity index is 0.00000338. The van der Waals surface area contributed by atoms with Crippen molar-refractivity contribution in [1.82, 2.24) is 10.6 Å². The largest absolute Gasteiger partial charge is 0.356 e. The van der Waals surface area contributed by atoms with Gasteiger partial charge in [0.1, 0.15) is 0 Å². The summed E-state index contributed by atoms with van der Waals surface area (Å²) in [5.41, 5.74) is 3.31. The lowest BCUT2D eigenvalue weighted by atomic mass is 10.0. The van der Waals surface area contributed by atoms with Crippen LogP contribution in [0.5, 0.6) is 0 Å². The van der Waals surface area contributed by atoms with E-state index in [1.54, 1.807) is 7.05 Å².